The SMILES string of the molecule is Cc1ccc(N(C)C(C(=O)O)c2ccc(C)c(F)c2)c(C)c1. The molecule has 2 aromatic rings. The molecule has 0 heterocycles. The van der Waals surface area contributed by atoms with E-state index in [2.05, 4.69) is 0 Å². The average Bonchev–Trinajstić information content (AvgIpc) is 2.42. The molecule has 22 heavy (non-hydrogen) atoms. The minimum Gasteiger partial charge on any atom is -0.479 e. The quantitative estimate of drug-likeness (QED) is 0.927. The van der Waals surface area contributed by atoms with Crippen LogP contribution in [0, 0.1) is 26.6 Å². The van der Waals surface area contributed by atoms with Crippen LogP contribution in [0.4, 0.5) is 10.1 Å². The van der Waals surface area contributed by atoms with Gasteiger partial charge in [0.15, 0.2) is 6.04 Å². The van der Waals surface area contributed by atoms with Crippen molar-refractivity contribution in [1.82, 2.24) is 0 Å². The molecule has 0 aliphatic rings. The lowest BCUT2D eigenvalue weighted by molar-refractivity contribution is -0.138. The molecule has 2 aromatic carbocycles. The van der Waals surface area contributed by atoms with Crippen LogP contribution in [-0.4, -0.2) is 18.1 Å². The van der Waals surface area contributed by atoms with E-state index in [1.807, 2.05) is 32.0 Å². The second-order valence-corrected chi connectivity index (χ2v) is 5.65. The second kappa shape index (κ2) is 6.18. The Morgan fingerprint density at radius 2 is 1.77 bits per heavy atom. The van der Waals surface area contributed by atoms with Crippen molar-refractivity contribution in [2.24, 2.45) is 0 Å². The summed E-state index contributed by atoms with van der Waals surface area (Å²) in [4.78, 5) is 13.4. The van der Waals surface area contributed by atoms with Gasteiger partial charge in [-0.2, -0.15) is 0 Å². The van der Waals surface area contributed by atoms with E-state index < -0.39 is 17.8 Å². The molecule has 0 saturated carbocycles. The number of nitrogens with zero attached hydrogens (tertiary/aromatic N) is 1. The minimum atomic E-state index is -1.01. The summed E-state index contributed by atoms with van der Waals surface area (Å²) in [6.45, 7) is 5.58. The van der Waals surface area contributed by atoms with Gasteiger partial charge in [-0.25, -0.2) is 9.18 Å². The number of hydrogen-bond acceptors (Lipinski definition) is 2. The van der Waals surface area contributed by atoms with Gasteiger partial charge in [-0.05, 0) is 49.6 Å². The number of aryl methyl sites for hydroxylation is 3. The van der Waals surface area contributed by atoms with Gasteiger partial charge in [0.05, 0.1) is 0 Å². The van der Waals surface area contributed by atoms with Crippen molar-refractivity contribution >= 4 is 11.7 Å². The number of anilines is 1. The fourth-order valence-electron chi connectivity index (χ4n) is 2.65. The predicted octanol–water partition coefficient (Wildman–Crippen LogP) is 4.01. The van der Waals surface area contributed by atoms with Crippen LogP contribution < -0.4 is 4.90 Å². The van der Waals surface area contributed by atoms with Crippen LogP contribution in [-0.2, 0) is 4.79 Å². The standard InChI is InChI=1S/C18H20FNO2/c1-11-5-8-16(13(3)9-11)20(4)17(18(21)22)14-7-6-12(2)15(19)10-14/h5-10,17H,1-4H3,(H,21,22). The number of carboxylic acids is 1. The third-order valence-corrected chi connectivity index (χ3v) is 3.87. The van der Waals surface area contributed by atoms with Gasteiger partial charge < -0.3 is 10.0 Å². The summed E-state index contributed by atoms with van der Waals surface area (Å²) in [5.41, 5.74) is 3.85. The normalized spacial score (nSPS) is 12.0. The molecule has 1 atom stereocenters. The molecule has 2 rings (SSSR count). The highest BCUT2D eigenvalue weighted by molar-refractivity contribution is 5.80. The van der Waals surface area contributed by atoms with E-state index in [0.717, 1.165) is 16.8 Å². The molecule has 1 unspecified atom stereocenters. The number of carbonyl (C=O) groups is 1. The van der Waals surface area contributed by atoms with E-state index in [1.165, 1.54) is 6.07 Å². The second-order valence-electron chi connectivity index (χ2n) is 5.65. The molecule has 0 fully saturated rings. The summed E-state index contributed by atoms with van der Waals surface area (Å²) in [5.74, 6) is -1.40. The monoisotopic (exact) mass is 301 g/mol. The first-order chi connectivity index (χ1) is 10.3. The van der Waals surface area contributed by atoms with Crippen molar-refractivity contribution in [3.8, 4) is 0 Å². The maximum absolute atomic E-state index is 13.8. The minimum absolute atomic E-state index is 0.391. The number of aliphatic carboxylic acids is 1. The first-order valence-electron chi connectivity index (χ1n) is 7.10. The van der Waals surface area contributed by atoms with E-state index in [4.69, 9.17) is 0 Å². The van der Waals surface area contributed by atoms with E-state index in [0.29, 0.717) is 11.1 Å². The number of likely N-dealkylation sites (N-methyl/N-ethyl adjacent to an activating group) is 1. The van der Waals surface area contributed by atoms with Crippen molar-refractivity contribution in [1.29, 1.82) is 0 Å². The summed E-state index contributed by atoms with van der Waals surface area (Å²) in [6, 6.07) is 9.47. The highest BCUT2D eigenvalue weighted by atomic mass is 19.1. The summed E-state index contributed by atoms with van der Waals surface area (Å²) in [6.07, 6.45) is 0. The van der Waals surface area contributed by atoms with Gasteiger partial charge >= 0.3 is 5.97 Å². The van der Waals surface area contributed by atoms with Crippen LogP contribution in [0.5, 0.6) is 0 Å². The molecular weight excluding hydrogens is 281 g/mol. The maximum Gasteiger partial charge on any atom is 0.331 e. The molecule has 0 saturated heterocycles. The molecule has 0 radical (unpaired) electrons. The number of benzene rings is 2. The Labute approximate surface area is 130 Å². The Morgan fingerprint density at radius 1 is 1.09 bits per heavy atom. The smallest absolute Gasteiger partial charge is 0.331 e. The first-order valence-corrected chi connectivity index (χ1v) is 7.10. The van der Waals surface area contributed by atoms with Crippen molar-refractivity contribution in [2.45, 2.75) is 26.8 Å². The summed E-state index contributed by atoms with van der Waals surface area (Å²) < 4.78 is 13.8. The molecule has 0 bridgehead atoms. The Bertz CT molecular complexity index is 712. The zero-order valence-electron chi connectivity index (χ0n) is 13.2. The molecule has 0 aromatic heterocycles. The Kier molecular flexibility index (Phi) is 4.50. The summed E-state index contributed by atoms with van der Waals surface area (Å²) >= 11 is 0. The van der Waals surface area contributed by atoms with Crippen molar-refractivity contribution < 1.29 is 14.3 Å². The fourth-order valence-corrected chi connectivity index (χ4v) is 2.65. The molecule has 0 aliphatic carbocycles. The number of halogens is 1. The Balaban J connectivity index is 2.47. The Hall–Kier alpha value is -2.36. The zero-order chi connectivity index (χ0) is 16.4. The van der Waals surface area contributed by atoms with E-state index in [1.54, 1.807) is 31.0 Å². The largest absolute Gasteiger partial charge is 0.479 e. The summed E-state index contributed by atoms with van der Waals surface area (Å²) in [7, 11) is 1.72. The molecule has 0 spiro atoms. The van der Waals surface area contributed by atoms with Crippen LogP contribution in [0.1, 0.15) is 28.3 Å². The van der Waals surface area contributed by atoms with Crippen LogP contribution in [0.15, 0.2) is 36.4 Å². The van der Waals surface area contributed by atoms with Crippen molar-refractivity contribution in [3.63, 3.8) is 0 Å². The zero-order valence-corrected chi connectivity index (χ0v) is 13.2. The lowest BCUT2D eigenvalue weighted by Gasteiger charge is -2.29. The molecule has 116 valence electrons. The van der Waals surface area contributed by atoms with Gasteiger partial charge in [0.2, 0.25) is 0 Å². The topological polar surface area (TPSA) is 40.5 Å². The third kappa shape index (κ3) is 3.11. The molecule has 4 heteroatoms. The average molecular weight is 301 g/mol. The summed E-state index contributed by atoms with van der Waals surface area (Å²) in [5, 5.41) is 9.60. The maximum atomic E-state index is 13.8. The van der Waals surface area contributed by atoms with Gasteiger partial charge in [-0.1, -0.05) is 29.8 Å². The molecule has 0 aliphatic heterocycles. The molecule has 3 nitrogen and oxygen atoms in total. The van der Waals surface area contributed by atoms with Gasteiger partial charge in [-0.15, -0.1) is 0 Å². The highest BCUT2D eigenvalue weighted by Crippen LogP contribution is 2.29. The van der Waals surface area contributed by atoms with Crippen LogP contribution >= 0.6 is 0 Å². The third-order valence-electron chi connectivity index (χ3n) is 3.87. The Morgan fingerprint density at radius 3 is 2.32 bits per heavy atom. The van der Waals surface area contributed by atoms with Gasteiger partial charge in [0.1, 0.15) is 5.82 Å². The van der Waals surface area contributed by atoms with Crippen LogP contribution in [0.2, 0.25) is 0 Å². The molecule has 1 N–H and O–H groups in total. The van der Waals surface area contributed by atoms with Crippen LogP contribution in [0.25, 0.3) is 0 Å². The van der Waals surface area contributed by atoms with Gasteiger partial charge in [0.25, 0.3) is 0 Å². The van der Waals surface area contributed by atoms with Crippen LogP contribution in [0.3, 0.4) is 0 Å². The predicted molar refractivity (Wildman–Crippen MR) is 85.8 cm³/mol. The number of rotatable bonds is 4. The highest BCUT2D eigenvalue weighted by Gasteiger charge is 2.26. The fraction of sp³-hybridized carbons (Fsp3) is 0.278. The number of carboxylic acid groups (broad SMARTS) is 1. The van der Waals surface area contributed by atoms with E-state index in [-0.39, 0.29) is 0 Å². The molecular formula is C18H20FNO2. The molecule has 0 amide bonds. The van der Waals surface area contributed by atoms with Crippen molar-refractivity contribution in [2.75, 3.05) is 11.9 Å². The van der Waals surface area contributed by atoms with E-state index >= 15 is 0 Å². The number of hydrogen-bond donors (Lipinski definition) is 1. The van der Waals surface area contributed by atoms with Gasteiger partial charge in [-0.3, -0.25) is 0 Å². The van der Waals surface area contributed by atoms with E-state index in [9.17, 15) is 14.3 Å². The lowest BCUT2D eigenvalue weighted by Crippen LogP contribution is -2.31. The van der Waals surface area contributed by atoms with Crippen molar-refractivity contribution in [3.05, 3.63) is 64.5 Å². The van der Waals surface area contributed by atoms with Gasteiger partial charge in [0, 0.05) is 12.7 Å². The first kappa shape index (κ1) is 16.0. The lowest BCUT2D eigenvalue weighted by atomic mass is 10.0.